The number of aliphatic hydroxyl groups is 1. The zero-order valence-electron chi connectivity index (χ0n) is 6.89. The van der Waals surface area contributed by atoms with Crippen LogP contribution in [-0.4, -0.2) is 34.1 Å². The molecule has 0 heterocycles. The molecule has 0 saturated heterocycles. The zero-order chi connectivity index (χ0) is 8.04. The lowest BCUT2D eigenvalue weighted by Crippen LogP contribution is -2.44. The average molecular weight is 180 g/mol. The van der Waals surface area contributed by atoms with Crippen molar-refractivity contribution in [1.82, 2.24) is 0 Å². The lowest BCUT2D eigenvalue weighted by molar-refractivity contribution is 0.196. The van der Waals surface area contributed by atoms with Gasteiger partial charge in [-0.3, -0.25) is 0 Å². The van der Waals surface area contributed by atoms with Crippen LogP contribution in [0.1, 0.15) is 20.8 Å². The minimum atomic E-state index is -2.16. The molecule has 0 aromatic heterocycles. The molecule has 70 valence electrons. The molecule has 0 saturated carbocycles. The van der Waals surface area contributed by atoms with Gasteiger partial charge in [0.1, 0.15) is 0 Å². The van der Waals surface area contributed by atoms with Crippen LogP contribution in [-0.2, 0) is 8.85 Å². The van der Waals surface area contributed by atoms with E-state index in [9.17, 15) is 0 Å². The normalized spacial score (nSPS) is 10.9. The molecule has 0 rings (SSSR count). The van der Waals surface area contributed by atoms with Crippen molar-refractivity contribution in [3.8, 4) is 0 Å². The van der Waals surface area contributed by atoms with E-state index < -0.39 is 8.56 Å². The Bertz CT molecular complexity index is 75.5. The van der Waals surface area contributed by atoms with Crippen LogP contribution in [0, 0.1) is 0 Å². The molecular weight excluding hydrogens is 160 g/mol. The van der Waals surface area contributed by atoms with Gasteiger partial charge in [0.2, 0.25) is 0 Å². The van der Waals surface area contributed by atoms with Gasteiger partial charge in [-0.1, -0.05) is 20.8 Å². The highest BCUT2D eigenvalue weighted by atomic mass is 28.4. The van der Waals surface area contributed by atoms with E-state index in [0.29, 0.717) is 0 Å². The molecule has 0 spiro atoms. The number of aliphatic hydroxyl groups excluding tert-OH is 1. The Morgan fingerprint density at radius 3 is 1.82 bits per heavy atom. The molecular formula is C7H20O3Si. The molecule has 0 amide bonds. The van der Waals surface area contributed by atoms with Crippen molar-refractivity contribution in [1.29, 1.82) is 0 Å². The van der Waals surface area contributed by atoms with E-state index in [0.717, 1.165) is 12.5 Å². The van der Waals surface area contributed by atoms with E-state index in [2.05, 4.69) is 6.92 Å². The molecule has 0 aromatic rings. The van der Waals surface area contributed by atoms with Crippen molar-refractivity contribution < 1.29 is 14.0 Å². The van der Waals surface area contributed by atoms with E-state index >= 15 is 0 Å². The van der Waals surface area contributed by atoms with Gasteiger partial charge >= 0.3 is 8.56 Å². The Balaban J connectivity index is 0. The number of rotatable bonds is 5. The van der Waals surface area contributed by atoms with Gasteiger partial charge in [0.15, 0.2) is 0 Å². The van der Waals surface area contributed by atoms with Crippen LogP contribution >= 0.6 is 0 Å². The highest BCUT2D eigenvalue weighted by Gasteiger charge is 2.33. The first kappa shape index (κ1) is 13.7. The highest BCUT2D eigenvalue weighted by molar-refractivity contribution is 6.67. The Morgan fingerprint density at radius 1 is 1.27 bits per heavy atom. The second-order valence-corrected chi connectivity index (χ2v) is 5.68. The summed E-state index contributed by atoms with van der Waals surface area (Å²) < 4.78 is 10.3. The Hall–Kier alpha value is 0.0969. The van der Waals surface area contributed by atoms with Gasteiger partial charge in [0.25, 0.3) is 0 Å². The maximum atomic E-state index is 8.92. The predicted molar refractivity (Wildman–Crippen MR) is 48.7 cm³/mol. The summed E-state index contributed by atoms with van der Waals surface area (Å²) in [5.74, 6) is 0. The summed E-state index contributed by atoms with van der Waals surface area (Å²) in [5.41, 5.74) is 0. The van der Waals surface area contributed by atoms with Crippen LogP contribution < -0.4 is 0 Å². The van der Waals surface area contributed by atoms with E-state index in [4.69, 9.17) is 14.0 Å². The lowest BCUT2D eigenvalue weighted by Gasteiger charge is -2.23. The van der Waals surface area contributed by atoms with Gasteiger partial charge in [-0.05, 0) is 6.04 Å². The van der Waals surface area contributed by atoms with Crippen molar-refractivity contribution in [2.75, 3.05) is 20.4 Å². The minimum Gasteiger partial charge on any atom is -0.396 e. The summed E-state index contributed by atoms with van der Waals surface area (Å²) in [7, 11) is 1.04. The Kier molecular flexibility index (Phi) is 8.43. The van der Waals surface area contributed by atoms with Crippen LogP contribution in [0.3, 0.4) is 0 Å². The second kappa shape index (κ2) is 6.79. The lowest BCUT2D eigenvalue weighted by atomic mass is 10.6. The molecule has 0 fully saturated rings. The Morgan fingerprint density at radius 2 is 1.73 bits per heavy atom. The van der Waals surface area contributed by atoms with Gasteiger partial charge in [0, 0.05) is 14.2 Å². The van der Waals surface area contributed by atoms with Crippen LogP contribution in [0.25, 0.3) is 0 Å². The molecule has 0 aliphatic rings. The number of hydrogen-bond donors (Lipinski definition) is 1. The van der Waals surface area contributed by atoms with Gasteiger partial charge in [-0.2, -0.15) is 0 Å². The molecule has 0 aliphatic carbocycles. The van der Waals surface area contributed by atoms with Crippen LogP contribution in [0.4, 0.5) is 0 Å². The third kappa shape index (κ3) is 3.86. The summed E-state index contributed by atoms with van der Waals surface area (Å²) in [6.45, 7) is 2.05. The largest absolute Gasteiger partial charge is 0.396 e. The topological polar surface area (TPSA) is 38.7 Å². The third-order valence-electron chi connectivity index (χ3n) is 1.62. The first-order chi connectivity index (χ1) is 4.74. The molecule has 3 nitrogen and oxygen atoms in total. The fourth-order valence-corrected chi connectivity index (χ4v) is 2.63. The van der Waals surface area contributed by atoms with Crippen LogP contribution in [0.2, 0.25) is 6.04 Å². The van der Waals surface area contributed by atoms with E-state index in [1.807, 2.05) is 0 Å². The monoisotopic (exact) mass is 180 g/mol. The maximum absolute atomic E-state index is 8.92. The van der Waals surface area contributed by atoms with Crippen molar-refractivity contribution in [3.63, 3.8) is 0 Å². The smallest absolute Gasteiger partial charge is 0.363 e. The Labute approximate surface area is 70.6 Å². The first-order valence-electron chi connectivity index (χ1n) is 3.46. The van der Waals surface area contributed by atoms with Gasteiger partial charge in [-0.25, -0.2) is 0 Å². The minimum absolute atomic E-state index is 0. The van der Waals surface area contributed by atoms with Crippen molar-refractivity contribution in [2.45, 2.75) is 26.8 Å². The van der Waals surface area contributed by atoms with E-state index in [1.54, 1.807) is 14.2 Å². The van der Waals surface area contributed by atoms with Crippen molar-refractivity contribution in [2.24, 2.45) is 0 Å². The summed E-state index contributed by atoms with van der Waals surface area (Å²) in [6.07, 6.45) is 1.04. The van der Waals surface area contributed by atoms with Crippen LogP contribution in [0.5, 0.6) is 0 Å². The molecule has 4 heteroatoms. The van der Waals surface area contributed by atoms with Gasteiger partial charge < -0.3 is 14.0 Å². The molecule has 0 unspecified atom stereocenters. The molecule has 0 aliphatic heterocycles. The molecule has 1 N–H and O–H groups in total. The average Bonchev–Trinajstić information content (AvgIpc) is 2.01. The second-order valence-electron chi connectivity index (χ2n) is 2.23. The fraction of sp³-hybridized carbons (Fsp3) is 1.00. The maximum Gasteiger partial charge on any atom is 0.363 e. The quantitative estimate of drug-likeness (QED) is 0.648. The molecule has 0 atom stereocenters. The van der Waals surface area contributed by atoms with Gasteiger partial charge in [0.05, 0.1) is 6.23 Å². The first-order valence-corrected chi connectivity index (χ1v) is 5.69. The third-order valence-corrected chi connectivity index (χ3v) is 4.85. The predicted octanol–water partition coefficient (Wildman–Crippen LogP) is 1.30. The molecule has 0 radical (unpaired) electrons. The van der Waals surface area contributed by atoms with E-state index in [1.165, 1.54) is 0 Å². The summed E-state index contributed by atoms with van der Waals surface area (Å²) >= 11 is 0. The SMILES string of the molecule is C.CCC[Si](CO)(OC)OC. The van der Waals surface area contributed by atoms with E-state index in [-0.39, 0.29) is 13.7 Å². The van der Waals surface area contributed by atoms with Crippen LogP contribution in [0.15, 0.2) is 0 Å². The molecule has 0 bridgehead atoms. The van der Waals surface area contributed by atoms with Crippen molar-refractivity contribution >= 4 is 8.56 Å². The fourth-order valence-electron chi connectivity index (χ4n) is 0.877. The number of hydrogen-bond acceptors (Lipinski definition) is 3. The standard InChI is InChI=1S/C6H16O3Si.CH4/c1-4-5-10(6-7,8-2)9-3;/h7H,4-6H2,1-3H3;1H4. The highest BCUT2D eigenvalue weighted by Crippen LogP contribution is 2.12. The van der Waals surface area contributed by atoms with Crippen molar-refractivity contribution in [3.05, 3.63) is 0 Å². The summed E-state index contributed by atoms with van der Waals surface area (Å²) in [4.78, 5) is 0. The summed E-state index contributed by atoms with van der Waals surface area (Å²) in [5, 5.41) is 8.92. The molecule has 11 heavy (non-hydrogen) atoms. The summed E-state index contributed by atoms with van der Waals surface area (Å²) in [6, 6.07) is 0.858. The van der Waals surface area contributed by atoms with Gasteiger partial charge in [-0.15, -0.1) is 0 Å². The molecule has 0 aromatic carbocycles. The zero-order valence-corrected chi connectivity index (χ0v) is 7.89.